The van der Waals surface area contributed by atoms with Crippen molar-refractivity contribution < 1.29 is 18.4 Å². The van der Waals surface area contributed by atoms with Crippen LogP contribution in [0.25, 0.3) is 0 Å². The van der Waals surface area contributed by atoms with Gasteiger partial charge in [0, 0.05) is 11.8 Å². The summed E-state index contributed by atoms with van der Waals surface area (Å²) in [5, 5.41) is 4.67. The number of carbonyl (C=O) groups excluding carboxylic acids is 2. The first-order valence-corrected chi connectivity index (χ1v) is 6.16. The van der Waals surface area contributed by atoms with Crippen LogP contribution in [0.2, 0.25) is 0 Å². The van der Waals surface area contributed by atoms with E-state index in [0.717, 1.165) is 12.1 Å². The molecule has 3 amide bonds. The maximum Gasteiger partial charge on any atom is 0.312 e. The highest BCUT2D eigenvalue weighted by atomic mass is 19.1. The maximum atomic E-state index is 13.0. The topological polar surface area (TPSA) is 84.2 Å². The standard InChI is InChI=1S/C13H17F2N3O2/c1-3-7(2)11(18-13(16)20)12(19)17-10-5-8(14)4-9(15)6-10/h4-7,11H,3H2,1-2H3,(H,17,19)(H3,16,18,20)/t7-,11-/m0/s1. The van der Waals surface area contributed by atoms with Crippen molar-refractivity contribution in [1.82, 2.24) is 5.32 Å². The second kappa shape index (κ2) is 6.83. The lowest BCUT2D eigenvalue weighted by Gasteiger charge is -2.22. The first kappa shape index (κ1) is 15.9. The molecule has 0 saturated carbocycles. The van der Waals surface area contributed by atoms with E-state index >= 15 is 0 Å². The molecule has 0 heterocycles. The quantitative estimate of drug-likeness (QED) is 0.773. The van der Waals surface area contributed by atoms with Gasteiger partial charge in [-0.2, -0.15) is 0 Å². The molecule has 1 rings (SSSR count). The Morgan fingerprint density at radius 2 is 1.80 bits per heavy atom. The summed E-state index contributed by atoms with van der Waals surface area (Å²) in [7, 11) is 0. The van der Waals surface area contributed by atoms with E-state index in [9.17, 15) is 18.4 Å². The van der Waals surface area contributed by atoms with E-state index in [2.05, 4.69) is 10.6 Å². The minimum Gasteiger partial charge on any atom is -0.352 e. The van der Waals surface area contributed by atoms with E-state index in [0.29, 0.717) is 12.5 Å². The maximum absolute atomic E-state index is 13.0. The zero-order valence-corrected chi connectivity index (χ0v) is 11.2. The van der Waals surface area contributed by atoms with Gasteiger partial charge in [0.15, 0.2) is 0 Å². The summed E-state index contributed by atoms with van der Waals surface area (Å²) in [6.45, 7) is 3.60. The van der Waals surface area contributed by atoms with Crippen LogP contribution >= 0.6 is 0 Å². The molecule has 0 aliphatic carbocycles. The minimum atomic E-state index is -0.871. The van der Waals surface area contributed by atoms with Crippen LogP contribution in [-0.4, -0.2) is 18.0 Å². The highest BCUT2D eigenvalue weighted by molar-refractivity contribution is 5.97. The number of hydrogen-bond donors (Lipinski definition) is 3. The molecule has 0 aromatic heterocycles. The SMILES string of the molecule is CC[C@H](C)[C@H](NC(N)=O)C(=O)Nc1cc(F)cc(F)c1. The lowest BCUT2D eigenvalue weighted by Crippen LogP contribution is -2.49. The van der Waals surface area contributed by atoms with Crippen LogP contribution in [0, 0.1) is 17.6 Å². The summed E-state index contributed by atoms with van der Waals surface area (Å²) in [6.07, 6.45) is 0.621. The fraction of sp³-hybridized carbons (Fsp3) is 0.385. The van der Waals surface area contributed by atoms with Gasteiger partial charge in [-0.05, 0) is 18.1 Å². The molecule has 20 heavy (non-hydrogen) atoms. The molecule has 0 aliphatic heterocycles. The molecular formula is C13H17F2N3O2. The normalized spacial score (nSPS) is 13.4. The van der Waals surface area contributed by atoms with Crippen molar-refractivity contribution in [3.63, 3.8) is 0 Å². The van der Waals surface area contributed by atoms with Gasteiger partial charge in [-0.15, -0.1) is 0 Å². The highest BCUT2D eigenvalue weighted by Crippen LogP contribution is 2.15. The highest BCUT2D eigenvalue weighted by Gasteiger charge is 2.25. The Hall–Kier alpha value is -2.18. The molecule has 0 bridgehead atoms. The number of carbonyl (C=O) groups is 2. The third kappa shape index (κ3) is 4.49. The first-order valence-electron chi connectivity index (χ1n) is 6.16. The van der Waals surface area contributed by atoms with Crippen LogP contribution in [0.3, 0.4) is 0 Å². The van der Waals surface area contributed by atoms with E-state index in [4.69, 9.17) is 5.73 Å². The fourth-order valence-corrected chi connectivity index (χ4v) is 1.70. The molecule has 0 radical (unpaired) electrons. The average molecular weight is 285 g/mol. The van der Waals surface area contributed by atoms with E-state index in [1.54, 1.807) is 6.92 Å². The third-order valence-corrected chi connectivity index (χ3v) is 2.92. The van der Waals surface area contributed by atoms with Crippen molar-refractivity contribution >= 4 is 17.6 Å². The summed E-state index contributed by atoms with van der Waals surface area (Å²) in [5.41, 5.74) is 4.99. The number of halogens is 2. The number of benzene rings is 1. The zero-order valence-electron chi connectivity index (χ0n) is 11.2. The van der Waals surface area contributed by atoms with Gasteiger partial charge in [0.2, 0.25) is 5.91 Å². The van der Waals surface area contributed by atoms with Gasteiger partial charge in [-0.25, -0.2) is 13.6 Å². The van der Waals surface area contributed by atoms with E-state index < -0.39 is 29.6 Å². The Morgan fingerprint density at radius 1 is 1.25 bits per heavy atom. The van der Waals surface area contributed by atoms with Crippen molar-refractivity contribution in [2.75, 3.05) is 5.32 Å². The van der Waals surface area contributed by atoms with Gasteiger partial charge in [-0.1, -0.05) is 20.3 Å². The molecule has 0 aliphatic rings. The smallest absolute Gasteiger partial charge is 0.312 e. The Labute approximate surface area is 115 Å². The molecule has 0 unspecified atom stereocenters. The van der Waals surface area contributed by atoms with Gasteiger partial charge in [0.1, 0.15) is 17.7 Å². The fourth-order valence-electron chi connectivity index (χ4n) is 1.70. The lowest BCUT2D eigenvalue weighted by molar-refractivity contribution is -0.119. The van der Waals surface area contributed by atoms with E-state index in [1.807, 2.05) is 6.92 Å². The number of rotatable bonds is 5. The molecule has 0 spiro atoms. The summed E-state index contributed by atoms with van der Waals surface area (Å²) >= 11 is 0. The van der Waals surface area contributed by atoms with Gasteiger partial charge < -0.3 is 16.4 Å². The molecule has 110 valence electrons. The molecular weight excluding hydrogens is 268 g/mol. The summed E-state index contributed by atoms with van der Waals surface area (Å²) in [6, 6.07) is 0.959. The van der Waals surface area contributed by atoms with Crippen LogP contribution in [0.1, 0.15) is 20.3 Å². The molecule has 2 atom stereocenters. The first-order chi connectivity index (χ1) is 9.33. The van der Waals surface area contributed by atoms with E-state index in [-0.39, 0.29) is 11.6 Å². The van der Waals surface area contributed by atoms with Crippen LogP contribution in [-0.2, 0) is 4.79 Å². The molecule has 0 fully saturated rings. The average Bonchev–Trinajstić information content (AvgIpc) is 2.33. The minimum absolute atomic E-state index is 0.0212. The zero-order chi connectivity index (χ0) is 15.3. The van der Waals surface area contributed by atoms with E-state index in [1.165, 1.54) is 0 Å². The van der Waals surface area contributed by atoms with Crippen LogP contribution in [0.4, 0.5) is 19.3 Å². The van der Waals surface area contributed by atoms with Crippen molar-refractivity contribution in [3.8, 4) is 0 Å². The largest absolute Gasteiger partial charge is 0.352 e. The van der Waals surface area contributed by atoms with Crippen molar-refractivity contribution in [1.29, 1.82) is 0 Å². The van der Waals surface area contributed by atoms with Crippen molar-refractivity contribution in [2.24, 2.45) is 11.7 Å². The summed E-state index contributed by atoms with van der Waals surface area (Å²) < 4.78 is 26.1. The number of amides is 3. The second-order valence-electron chi connectivity index (χ2n) is 4.52. The Bertz CT molecular complexity index is 488. The number of nitrogens with one attached hydrogen (secondary N) is 2. The molecule has 0 saturated heterocycles. The number of nitrogens with two attached hydrogens (primary N) is 1. The number of primary amides is 1. The van der Waals surface area contributed by atoms with Gasteiger partial charge in [0.25, 0.3) is 0 Å². The van der Waals surface area contributed by atoms with Gasteiger partial charge in [0.05, 0.1) is 0 Å². The second-order valence-corrected chi connectivity index (χ2v) is 4.52. The number of anilines is 1. The monoisotopic (exact) mass is 285 g/mol. The molecule has 5 nitrogen and oxygen atoms in total. The number of urea groups is 1. The van der Waals surface area contributed by atoms with Gasteiger partial charge >= 0.3 is 6.03 Å². The lowest BCUT2D eigenvalue weighted by atomic mass is 9.98. The van der Waals surface area contributed by atoms with Crippen LogP contribution in [0.15, 0.2) is 18.2 Å². The number of hydrogen-bond acceptors (Lipinski definition) is 2. The molecule has 1 aromatic rings. The Balaban J connectivity index is 2.87. The van der Waals surface area contributed by atoms with Crippen LogP contribution < -0.4 is 16.4 Å². The Kier molecular flexibility index (Phi) is 5.42. The van der Waals surface area contributed by atoms with Gasteiger partial charge in [-0.3, -0.25) is 4.79 Å². The predicted molar refractivity (Wildman–Crippen MR) is 70.9 cm³/mol. The third-order valence-electron chi connectivity index (χ3n) is 2.92. The van der Waals surface area contributed by atoms with Crippen LogP contribution in [0.5, 0.6) is 0 Å². The van der Waals surface area contributed by atoms with Crippen molar-refractivity contribution in [2.45, 2.75) is 26.3 Å². The molecule has 1 aromatic carbocycles. The summed E-state index contributed by atoms with van der Waals surface area (Å²) in [5.74, 6) is -2.37. The predicted octanol–water partition coefficient (Wildman–Crippen LogP) is 1.99. The van der Waals surface area contributed by atoms with Crippen molar-refractivity contribution in [3.05, 3.63) is 29.8 Å². The molecule has 4 N–H and O–H groups in total. The Morgan fingerprint density at radius 3 is 2.25 bits per heavy atom. The molecule has 7 heteroatoms. The summed E-state index contributed by atoms with van der Waals surface area (Å²) in [4.78, 5) is 23.0.